The number of nitrogens with zero attached hydrogens (tertiary/aromatic N) is 1. The molecule has 0 aromatic rings. The molecule has 0 aliphatic carbocycles. The van der Waals surface area contributed by atoms with Crippen molar-refractivity contribution in [1.82, 2.24) is 5.32 Å². The molecule has 0 radical (unpaired) electrons. The summed E-state index contributed by atoms with van der Waals surface area (Å²) in [6, 6.07) is -0.802. The number of unbranched alkanes of at least 4 members (excludes halogenated alkanes) is 16. The summed E-state index contributed by atoms with van der Waals surface area (Å²) in [6.07, 6.45) is 31.7. The first-order valence-electron chi connectivity index (χ1n) is 18.7. The SMILES string of the molecule is CCCC/C=C\C/C=C\CCCCCCCC(=O)NC(COP(=O)([O-])OCC[N+](C)(C)C)C(O)CCCCCCCCCCCC. The average Bonchev–Trinajstić information content (AvgIpc) is 2.99. The summed E-state index contributed by atoms with van der Waals surface area (Å²) in [5.41, 5.74) is 0. The molecule has 0 bridgehead atoms. The van der Waals surface area contributed by atoms with Gasteiger partial charge in [-0.1, -0.05) is 134 Å². The van der Waals surface area contributed by atoms with Crippen LogP contribution in [0.5, 0.6) is 0 Å². The van der Waals surface area contributed by atoms with E-state index in [9.17, 15) is 19.4 Å². The molecule has 272 valence electrons. The number of hydrogen-bond donors (Lipinski definition) is 2. The van der Waals surface area contributed by atoms with E-state index >= 15 is 0 Å². The van der Waals surface area contributed by atoms with Gasteiger partial charge in [0.15, 0.2) is 0 Å². The topological polar surface area (TPSA) is 108 Å². The van der Waals surface area contributed by atoms with Crippen LogP contribution in [0.4, 0.5) is 0 Å². The molecule has 0 aliphatic heterocycles. The van der Waals surface area contributed by atoms with E-state index in [1.54, 1.807) is 0 Å². The van der Waals surface area contributed by atoms with Crippen LogP contribution in [0.15, 0.2) is 24.3 Å². The van der Waals surface area contributed by atoms with Crippen molar-refractivity contribution in [3.63, 3.8) is 0 Å². The van der Waals surface area contributed by atoms with Gasteiger partial charge in [0.1, 0.15) is 13.2 Å². The van der Waals surface area contributed by atoms with Crippen LogP contribution in [0.1, 0.15) is 155 Å². The van der Waals surface area contributed by atoms with Crippen LogP contribution in [0.3, 0.4) is 0 Å². The molecule has 0 rings (SSSR count). The largest absolute Gasteiger partial charge is 0.756 e. The molecular formula is C37H73N2O6P. The lowest BCUT2D eigenvalue weighted by molar-refractivity contribution is -0.870. The summed E-state index contributed by atoms with van der Waals surface area (Å²) >= 11 is 0. The van der Waals surface area contributed by atoms with Gasteiger partial charge in [0.25, 0.3) is 7.82 Å². The first kappa shape index (κ1) is 45.0. The Morgan fingerprint density at radius 2 is 1.28 bits per heavy atom. The summed E-state index contributed by atoms with van der Waals surface area (Å²) < 4.78 is 23.1. The minimum atomic E-state index is -4.55. The van der Waals surface area contributed by atoms with Crippen molar-refractivity contribution in [2.24, 2.45) is 0 Å². The number of aliphatic hydroxyl groups excluding tert-OH is 1. The zero-order valence-corrected chi connectivity index (χ0v) is 31.4. The maximum Gasteiger partial charge on any atom is 0.268 e. The van der Waals surface area contributed by atoms with Crippen LogP contribution in [-0.4, -0.2) is 68.5 Å². The van der Waals surface area contributed by atoms with E-state index in [1.165, 1.54) is 64.2 Å². The highest BCUT2D eigenvalue weighted by Crippen LogP contribution is 2.38. The number of aliphatic hydroxyl groups is 1. The van der Waals surface area contributed by atoms with Crippen molar-refractivity contribution in [2.75, 3.05) is 40.9 Å². The number of quaternary nitrogens is 1. The van der Waals surface area contributed by atoms with Crippen molar-refractivity contribution in [3.8, 4) is 0 Å². The average molecular weight is 673 g/mol. The Kier molecular flexibility index (Phi) is 29.4. The Balaban J connectivity index is 4.50. The van der Waals surface area contributed by atoms with Gasteiger partial charge >= 0.3 is 0 Å². The van der Waals surface area contributed by atoms with Crippen LogP contribution >= 0.6 is 7.82 Å². The molecule has 0 aromatic heterocycles. The van der Waals surface area contributed by atoms with Crippen LogP contribution in [0.2, 0.25) is 0 Å². The van der Waals surface area contributed by atoms with Crippen molar-refractivity contribution in [3.05, 3.63) is 24.3 Å². The highest BCUT2D eigenvalue weighted by Gasteiger charge is 2.24. The minimum absolute atomic E-state index is 0.00914. The smallest absolute Gasteiger partial charge is 0.268 e. The van der Waals surface area contributed by atoms with Crippen molar-refractivity contribution in [1.29, 1.82) is 0 Å². The maximum absolute atomic E-state index is 12.8. The standard InChI is InChI=1S/C37H73N2O6P/c1-6-8-10-12-14-16-18-19-20-21-23-25-27-29-31-37(41)38-35(34-45-46(42,43)44-33-32-39(3,4)5)36(40)30-28-26-24-22-17-15-13-11-9-7-2/h12,14,18-19,35-36,40H,6-11,13,15-17,20-34H2,1-5H3,(H-,38,41,42,43)/b14-12-,19-18-. The lowest BCUT2D eigenvalue weighted by atomic mass is 10.0. The van der Waals surface area contributed by atoms with Crippen molar-refractivity contribution < 1.29 is 32.9 Å². The van der Waals surface area contributed by atoms with E-state index in [2.05, 4.69) is 43.5 Å². The number of allylic oxidation sites excluding steroid dienone is 4. The van der Waals surface area contributed by atoms with E-state index in [0.717, 1.165) is 64.2 Å². The molecular weight excluding hydrogens is 599 g/mol. The number of rotatable bonds is 33. The summed E-state index contributed by atoms with van der Waals surface area (Å²) in [7, 11) is 1.29. The molecule has 0 spiro atoms. The molecule has 0 heterocycles. The van der Waals surface area contributed by atoms with E-state index < -0.39 is 20.0 Å². The Labute approximate surface area is 284 Å². The van der Waals surface area contributed by atoms with Gasteiger partial charge in [0.05, 0.1) is 39.9 Å². The summed E-state index contributed by atoms with van der Waals surface area (Å²) in [5.74, 6) is -0.183. The molecule has 46 heavy (non-hydrogen) atoms. The number of phosphoric acid groups is 1. The van der Waals surface area contributed by atoms with Crippen LogP contribution in [0.25, 0.3) is 0 Å². The van der Waals surface area contributed by atoms with E-state index in [4.69, 9.17) is 9.05 Å². The molecule has 0 aliphatic rings. The Morgan fingerprint density at radius 1 is 0.761 bits per heavy atom. The maximum atomic E-state index is 12.8. The van der Waals surface area contributed by atoms with Gasteiger partial charge in [-0.2, -0.15) is 0 Å². The molecule has 0 aromatic carbocycles. The Hall–Kier alpha value is -1.02. The molecule has 2 N–H and O–H groups in total. The highest BCUT2D eigenvalue weighted by molar-refractivity contribution is 7.45. The normalized spacial score (nSPS) is 15.0. The number of carbonyl (C=O) groups is 1. The Morgan fingerprint density at radius 3 is 1.87 bits per heavy atom. The van der Waals surface area contributed by atoms with Crippen LogP contribution in [0, 0.1) is 0 Å². The first-order valence-corrected chi connectivity index (χ1v) is 20.1. The van der Waals surface area contributed by atoms with Gasteiger partial charge in [-0.25, -0.2) is 0 Å². The van der Waals surface area contributed by atoms with Crippen LogP contribution in [-0.2, 0) is 18.4 Å². The zero-order valence-electron chi connectivity index (χ0n) is 30.5. The van der Waals surface area contributed by atoms with Crippen molar-refractivity contribution >= 4 is 13.7 Å². The summed E-state index contributed by atoms with van der Waals surface area (Å²) in [5, 5.41) is 13.8. The lowest BCUT2D eigenvalue weighted by Gasteiger charge is -2.30. The first-order chi connectivity index (χ1) is 22.0. The number of amides is 1. The highest BCUT2D eigenvalue weighted by atomic mass is 31.2. The van der Waals surface area contributed by atoms with Gasteiger partial charge in [0, 0.05) is 6.42 Å². The van der Waals surface area contributed by atoms with Gasteiger partial charge in [-0.05, 0) is 38.5 Å². The number of hydrogen-bond acceptors (Lipinski definition) is 6. The minimum Gasteiger partial charge on any atom is -0.756 e. The fraction of sp³-hybridized carbons (Fsp3) is 0.865. The molecule has 3 unspecified atom stereocenters. The molecule has 9 heteroatoms. The molecule has 8 nitrogen and oxygen atoms in total. The summed E-state index contributed by atoms with van der Waals surface area (Å²) in [6.45, 7) is 4.62. The molecule has 1 amide bonds. The zero-order chi connectivity index (χ0) is 34.4. The number of likely N-dealkylation sites (N-methyl/N-ethyl adjacent to an activating group) is 1. The van der Waals surface area contributed by atoms with E-state index in [1.807, 2.05) is 21.1 Å². The van der Waals surface area contributed by atoms with Crippen molar-refractivity contribution in [2.45, 2.75) is 167 Å². The molecule has 0 saturated carbocycles. The van der Waals surface area contributed by atoms with Gasteiger partial charge in [-0.15, -0.1) is 0 Å². The molecule has 3 atom stereocenters. The fourth-order valence-corrected chi connectivity index (χ4v) is 5.84. The monoisotopic (exact) mass is 673 g/mol. The second kappa shape index (κ2) is 30.1. The molecule has 0 fully saturated rings. The van der Waals surface area contributed by atoms with Gasteiger partial charge in [0.2, 0.25) is 5.91 Å². The third kappa shape index (κ3) is 31.6. The quantitative estimate of drug-likeness (QED) is 0.0312. The van der Waals surface area contributed by atoms with E-state index in [-0.39, 0.29) is 19.1 Å². The number of carbonyl (C=O) groups excluding carboxylic acids is 1. The van der Waals surface area contributed by atoms with Gasteiger partial charge < -0.3 is 28.8 Å². The van der Waals surface area contributed by atoms with Gasteiger partial charge in [-0.3, -0.25) is 9.36 Å². The fourth-order valence-electron chi connectivity index (χ4n) is 5.11. The number of phosphoric ester groups is 1. The third-order valence-electron chi connectivity index (χ3n) is 8.19. The van der Waals surface area contributed by atoms with Crippen LogP contribution < -0.4 is 10.2 Å². The Bertz CT molecular complexity index is 814. The number of nitrogens with one attached hydrogen (secondary N) is 1. The lowest BCUT2D eigenvalue weighted by Crippen LogP contribution is -2.46. The predicted molar refractivity (Wildman–Crippen MR) is 192 cm³/mol. The van der Waals surface area contributed by atoms with E-state index in [0.29, 0.717) is 23.9 Å². The predicted octanol–water partition coefficient (Wildman–Crippen LogP) is 8.77. The third-order valence-corrected chi connectivity index (χ3v) is 9.16. The second-order valence-corrected chi connectivity index (χ2v) is 15.3. The second-order valence-electron chi connectivity index (χ2n) is 13.9. The molecule has 0 saturated heterocycles. The summed E-state index contributed by atoms with van der Waals surface area (Å²) in [4.78, 5) is 25.1.